The molecule has 0 unspecified atom stereocenters. The summed E-state index contributed by atoms with van der Waals surface area (Å²) >= 11 is 0. The van der Waals surface area contributed by atoms with Gasteiger partial charge in [-0.15, -0.1) is 12.4 Å². The molecule has 1 aliphatic heterocycles. The minimum atomic E-state index is 0. The van der Waals surface area contributed by atoms with Crippen LogP contribution in [-0.4, -0.2) is 52.5 Å². The van der Waals surface area contributed by atoms with Crippen LogP contribution in [0.5, 0.6) is 0 Å². The van der Waals surface area contributed by atoms with E-state index in [1.165, 1.54) is 0 Å². The second-order valence-electron chi connectivity index (χ2n) is 4.36. The summed E-state index contributed by atoms with van der Waals surface area (Å²) in [5.74, 6) is 0.694. The number of carbonyl (C=O) groups excluding carboxylic acids is 1. The number of halogens is 1. The molecule has 0 aromatic carbocycles. The topological polar surface area (TPSA) is 59.6 Å². The Bertz CT molecular complexity index is 211. The number of carbonyl (C=O) groups is 1. The van der Waals surface area contributed by atoms with Crippen LogP contribution in [0.25, 0.3) is 0 Å². The van der Waals surface area contributed by atoms with Crippen molar-refractivity contribution in [3.63, 3.8) is 0 Å². The maximum absolute atomic E-state index is 11.1. The fourth-order valence-corrected chi connectivity index (χ4v) is 1.79. The van der Waals surface area contributed by atoms with E-state index in [2.05, 4.69) is 10.6 Å². The van der Waals surface area contributed by atoms with Crippen molar-refractivity contribution >= 4 is 18.3 Å². The monoisotopic (exact) mass is 280 g/mol. The van der Waals surface area contributed by atoms with Gasteiger partial charge in [-0.1, -0.05) is 0 Å². The Labute approximate surface area is 115 Å². The van der Waals surface area contributed by atoms with Crippen LogP contribution in [-0.2, 0) is 14.3 Å². The Morgan fingerprint density at radius 3 is 2.78 bits per heavy atom. The van der Waals surface area contributed by atoms with Gasteiger partial charge in [0.1, 0.15) is 0 Å². The van der Waals surface area contributed by atoms with Crippen molar-refractivity contribution in [2.75, 3.05) is 46.6 Å². The van der Waals surface area contributed by atoms with Crippen LogP contribution in [0.3, 0.4) is 0 Å². The first-order chi connectivity index (χ1) is 8.33. The van der Waals surface area contributed by atoms with Crippen LogP contribution in [0, 0.1) is 5.92 Å². The van der Waals surface area contributed by atoms with Crippen molar-refractivity contribution in [2.45, 2.75) is 19.3 Å². The molecule has 0 atom stereocenters. The molecule has 0 spiro atoms. The zero-order chi connectivity index (χ0) is 12.3. The largest absolute Gasteiger partial charge is 0.381 e. The molecule has 1 rings (SSSR count). The number of ether oxygens (including phenoxy) is 2. The Balaban J connectivity index is 0.00000289. The van der Waals surface area contributed by atoms with Gasteiger partial charge in [0, 0.05) is 33.0 Å². The Morgan fingerprint density at radius 1 is 1.39 bits per heavy atom. The maximum Gasteiger partial charge on any atom is 0.233 e. The van der Waals surface area contributed by atoms with Gasteiger partial charge in [0.05, 0.1) is 6.54 Å². The normalized spacial score (nSPS) is 16.1. The highest BCUT2D eigenvalue weighted by Crippen LogP contribution is 2.14. The molecule has 0 bridgehead atoms. The van der Waals surface area contributed by atoms with Crippen LogP contribution in [0.15, 0.2) is 0 Å². The SMILES string of the molecule is CNCC(=O)NCCCOCC1CCOCC1.Cl. The van der Waals surface area contributed by atoms with Gasteiger partial charge in [0.25, 0.3) is 0 Å². The Kier molecular flexibility index (Phi) is 11.5. The molecule has 1 aliphatic rings. The van der Waals surface area contributed by atoms with Crippen molar-refractivity contribution in [1.82, 2.24) is 10.6 Å². The van der Waals surface area contributed by atoms with Crippen molar-refractivity contribution in [2.24, 2.45) is 5.92 Å². The first kappa shape index (κ1) is 17.6. The van der Waals surface area contributed by atoms with E-state index in [0.29, 0.717) is 19.0 Å². The number of hydrogen-bond acceptors (Lipinski definition) is 4. The molecule has 0 aromatic heterocycles. The van der Waals surface area contributed by atoms with Crippen LogP contribution >= 0.6 is 12.4 Å². The minimum Gasteiger partial charge on any atom is -0.381 e. The molecule has 0 aliphatic carbocycles. The van der Waals surface area contributed by atoms with E-state index < -0.39 is 0 Å². The highest BCUT2D eigenvalue weighted by atomic mass is 35.5. The number of likely N-dealkylation sites (N-methyl/N-ethyl adjacent to an activating group) is 1. The number of nitrogens with one attached hydrogen (secondary N) is 2. The third-order valence-electron chi connectivity index (χ3n) is 2.82. The van der Waals surface area contributed by atoms with E-state index in [0.717, 1.165) is 45.7 Å². The number of rotatable bonds is 8. The predicted octanol–water partition coefficient (Wildman–Crippen LogP) is 0.577. The minimum absolute atomic E-state index is 0. The second-order valence-corrected chi connectivity index (χ2v) is 4.36. The summed E-state index contributed by atoms with van der Waals surface area (Å²) in [7, 11) is 1.76. The average Bonchev–Trinajstić information content (AvgIpc) is 2.35. The van der Waals surface area contributed by atoms with Crippen molar-refractivity contribution in [1.29, 1.82) is 0 Å². The van der Waals surface area contributed by atoms with E-state index in [9.17, 15) is 4.79 Å². The van der Waals surface area contributed by atoms with Crippen molar-refractivity contribution < 1.29 is 14.3 Å². The smallest absolute Gasteiger partial charge is 0.233 e. The average molecular weight is 281 g/mol. The molecule has 1 fully saturated rings. The van der Waals surface area contributed by atoms with Gasteiger partial charge in [-0.2, -0.15) is 0 Å². The summed E-state index contributed by atoms with van der Waals surface area (Å²) in [4.78, 5) is 11.1. The van der Waals surface area contributed by atoms with Crippen molar-refractivity contribution in [3.05, 3.63) is 0 Å². The Morgan fingerprint density at radius 2 is 2.11 bits per heavy atom. The lowest BCUT2D eigenvalue weighted by Gasteiger charge is -2.21. The molecule has 6 heteroatoms. The molecule has 108 valence electrons. The lowest BCUT2D eigenvalue weighted by molar-refractivity contribution is -0.120. The fraction of sp³-hybridized carbons (Fsp3) is 0.917. The summed E-state index contributed by atoms with van der Waals surface area (Å²) in [6.45, 7) is 4.35. The molecule has 0 aromatic rings. The van der Waals surface area contributed by atoms with Gasteiger partial charge >= 0.3 is 0 Å². The summed E-state index contributed by atoms with van der Waals surface area (Å²) < 4.78 is 10.9. The van der Waals surface area contributed by atoms with Crippen LogP contribution in [0.2, 0.25) is 0 Å². The first-order valence-electron chi connectivity index (χ1n) is 6.39. The standard InChI is InChI=1S/C12H24N2O3.ClH/c1-13-9-12(15)14-5-2-6-17-10-11-3-7-16-8-4-11;/h11,13H,2-10H2,1H3,(H,14,15);1H. The molecule has 1 amide bonds. The fourth-order valence-electron chi connectivity index (χ4n) is 1.79. The molecule has 5 nitrogen and oxygen atoms in total. The number of amides is 1. The summed E-state index contributed by atoms with van der Waals surface area (Å²) in [5, 5.41) is 5.63. The second kappa shape index (κ2) is 11.7. The van der Waals surface area contributed by atoms with Gasteiger partial charge < -0.3 is 20.1 Å². The molecule has 1 heterocycles. The van der Waals surface area contributed by atoms with E-state index in [1.54, 1.807) is 7.05 Å². The maximum atomic E-state index is 11.1. The van der Waals surface area contributed by atoms with E-state index in [4.69, 9.17) is 9.47 Å². The zero-order valence-electron chi connectivity index (χ0n) is 11.1. The highest BCUT2D eigenvalue weighted by Gasteiger charge is 2.13. The van der Waals surface area contributed by atoms with Crippen LogP contribution in [0.4, 0.5) is 0 Å². The zero-order valence-corrected chi connectivity index (χ0v) is 11.9. The number of hydrogen-bond donors (Lipinski definition) is 2. The highest BCUT2D eigenvalue weighted by molar-refractivity contribution is 5.85. The van der Waals surface area contributed by atoms with Gasteiger partial charge in [-0.05, 0) is 32.2 Å². The molecule has 0 radical (unpaired) electrons. The Hall–Kier alpha value is -0.360. The molecule has 18 heavy (non-hydrogen) atoms. The van der Waals surface area contributed by atoms with Gasteiger partial charge in [0.15, 0.2) is 0 Å². The summed E-state index contributed by atoms with van der Waals surface area (Å²) in [6, 6.07) is 0. The van der Waals surface area contributed by atoms with Gasteiger partial charge in [-0.3, -0.25) is 4.79 Å². The van der Waals surface area contributed by atoms with Crippen molar-refractivity contribution in [3.8, 4) is 0 Å². The van der Waals surface area contributed by atoms with E-state index in [-0.39, 0.29) is 18.3 Å². The lowest BCUT2D eigenvalue weighted by atomic mass is 10.0. The third-order valence-corrected chi connectivity index (χ3v) is 2.82. The molecular weight excluding hydrogens is 256 g/mol. The summed E-state index contributed by atoms with van der Waals surface area (Å²) in [6.07, 6.45) is 3.09. The molecule has 0 saturated carbocycles. The molecule has 2 N–H and O–H groups in total. The van der Waals surface area contributed by atoms with Crippen LogP contribution in [0.1, 0.15) is 19.3 Å². The summed E-state index contributed by atoms with van der Waals surface area (Å²) in [5.41, 5.74) is 0. The van der Waals surface area contributed by atoms with Crippen LogP contribution < -0.4 is 10.6 Å². The quantitative estimate of drug-likeness (QED) is 0.639. The predicted molar refractivity (Wildman–Crippen MR) is 73.2 cm³/mol. The molecule has 1 saturated heterocycles. The lowest BCUT2D eigenvalue weighted by Crippen LogP contribution is -2.33. The van der Waals surface area contributed by atoms with E-state index in [1.807, 2.05) is 0 Å². The van der Waals surface area contributed by atoms with Gasteiger partial charge in [0.2, 0.25) is 5.91 Å². The first-order valence-corrected chi connectivity index (χ1v) is 6.39. The third kappa shape index (κ3) is 8.69. The van der Waals surface area contributed by atoms with Gasteiger partial charge in [-0.25, -0.2) is 0 Å². The van der Waals surface area contributed by atoms with E-state index >= 15 is 0 Å². The molecular formula is C12H25ClN2O3.